The van der Waals surface area contributed by atoms with E-state index < -0.39 is 11.9 Å². The second kappa shape index (κ2) is 13.3. The number of anilines is 1. The molecule has 3 N–H and O–H groups in total. The third-order valence-electron chi connectivity index (χ3n) is 2.94. The molecule has 0 saturated heterocycles. The van der Waals surface area contributed by atoms with Crippen molar-refractivity contribution in [2.75, 3.05) is 44.0 Å². The van der Waals surface area contributed by atoms with Crippen molar-refractivity contribution in [3.05, 3.63) is 18.0 Å². The minimum Gasteiger partial charge on any atom is -0.356 e. The maximum absolute atomic E-state index is 12.5. The van der Waals surface area contributed by atoms with Crippen LogP contribution in [0.15, 0.2) is 17.3 Å². The summed E-state index contributed by atoms with van der Waals surface area (Å²) in [6, 6.07) is 0.840. The highest BCUT2D eigenvalue weighted by atomic mass is 127. The van der Waals surface area contributed by atoms with E-state index in [-0.39, 0.29) is 29.9 Å². The van der Waals surface area contributed by atoms with E-state index in [0.29, 0.717) is 19.0 Å². The van der Waals surface area contributed by atoms with Gasteiger partial charge in [-0.1, -0.05) is 0 Å². The Morgan fingerprint density at radius 3 is 2.56 bits per heavy atom. The van der Waals surface area contributed by atoms with Crippen molar-refractivity contribution >= 4 is 47.6 Å². The maximum Gasteiger partial charge on any atom is 0.433 e. The number of thioether (sulfide) groups is 1. The Kier molecular flexibility index (Phi) is 12.7. The zero-order valence-corrected chi connectivity index (χ0v) is 17.3. The Bertz CT molecular complexity index is 516. The van der Waals surface area contributed by atoms with Crippen LogP contribution in [0.2, 0.25) is 0 Å². The van der Waals surface area contributed by atoms with Crippen LogP contribution in [0.25, 0.3) is 0 Å². The number of aromatic nitrogens is 2. The lowest BCUT2D eigenvalue weighted by Crippen LogP contribution is -2.40. The molecule has 25 heavy (non-hydrogen) atoms. The van der Waals surface area contributed by atoms with Gasteiger partial charge in [-0.25, -0.2) is 9.97 Å². The molecular formula is C14H24F3IN6S. The molecular weight excluding hydrogens is 468 g/mol. The first-order valence-electron chi connectivity index (χ1n) is 7.55. The van der Waals surface area contributed by atoms with Gasteiger partial charge in [-0.15, -0.1) is 24.0 Å². The van der Waals surface area contributed by atoms with Crippen molar-refractivity contribution in [3.8, 4) is 0 Å². The Hall–Kier alpha value is -0.980. The van der Waals surface area contributed by atoms with Gasteiger partial charge in [0, 0.05) is 32.9 Å². The van der Waals surface area contributed by atoms with Gasteiger partial charge in [-0.05, 0) is 30.9 Å². The molecule has 0 amide bonds. The summed E-state index contributed by atoms with van der Waals surface area (Å²) in [6.07, 6.45) is 0.882. The summed E-state index contributed by atoms with van der Waals surface area (Å²) < 4.78 is 37.6. The predicted molar refractivity (Wildman–Crippen MR) is 108 cm³/mol. The number of alkyl halides is 3. The third kappa shape index (κ3) is 10.6. The summed E-state index contributed by atoms with van der Waals surface area (Å²) in [4.78, 5) is 11.3. The molecule has 0 aromatic carbocycles. The van der Waals surface area contributed by atoms with Gasteiger partial charge in [-0.3, -0.25) is 4.99 Å². The third-order valence-corrected chi connectivity index (χ3v) is 3.63. The number of nitrogens with one attached hydrogen (secondary N) is 3. The first-order chi connectivity index (χ1) is 11.5. The number of halogens is 4. The van der Waals surface area contributed by atoms with E-state index >= 15 is 0 Å². The van der Waals surface area contributed by atoms with Crippen molar-refractivity contribution in [1.82, 2.24) is 20.6 Å². The van der Waals surface area contributed by atoms with Gasteiger partial charge in [0.05, 0.1) is 0 Å². The highest BCUT2D eigenvalue weighted by Crippen LogP contribution is 2.27. The van der Waals surface area contributed by atoms with E-state index in [1.165, 1.54) is 0 Å². The molecule has 1 aromatic heterocycles. The molecule has 0 atom stereocenters. The van der Waals surface area contributed by atoms with Crippen LogP contribution in [0.5, 0.6) is 0 Å². The molecule has 1 heterocycles. The molecule has 0 spiro atoms. The Labute approximate surface area is 167 Å². The van der Waals surface area contributed by atoms with E-state index in [9.17, 15) is 13.2 Å². The number of rotatable bonds is 9. The summed E-state index contributed by atoms with van der Waals surface area (Å²) in [5.41, 5.74) is -0.962. The zero-order valence-electron chi connectivity index (χ0n) is 14.2. The van der Waals surface area contributed by atoms with Crippen LogP contribution in [-0.2, 0) is 6.18 Å². The number of aliphatic imine (C=N–C) groups is 1. The van der Waals surface area contributed by atoms with Gasteiger partial charge in [-0.2, -0.15) is 24.9 Å². The van der Waals surface area contributed by atoms with E-state index in [2.05, 4.69) is 37.2 Å². The number of guanidine groups is 1. The fourth-order valence-electron chi connectivity index (χ4n) is 1.76. The summed E-state index contributed by atoms with van der Waals surface area (Å²) in [6.45, 7) is 1.67. The monoisotopic (exact) mass is 492 g/mol. The normalized spacial score (nSPS) is 11.6. The first-order valence-corrected chi connectivity index (χ1v) is 8.94. The molecule has 1 rings (SSSR count). The van der Waals surface area contributed by atoms with Crippen molar-refractivity contribution in [2.24, 2.45) is 4.99 Å². The standard InChI is InChI=1S/C14H23F3N6S.HI/c1-18-12(19-6-3-4-10-24-2)21-8-9-22-13-20-7-5-11(23-13)14(15,16)17;/h5,7H,3-4,6,8-10H2,1-2H3,(H2,18,19,21)(H,20,22,23);1H. The van der Waals surface area contributed by atoms with E-state index in [4.69, 9.17) is 0 Å². The second-order valence-corrected chi connectivity index (χ2v) is 5.80. The smallest absolute Gasteiger partial charge is 0.356 e. The van der Waals surface area contributed by atoms with Crippen LogP contribution >= 0.6 is 35.7 Å². The fraction of sp³-hybridized carbons (Fsp3) is 0.643. The zero-order chi connectivity index (χ0) is 17.8. The van der Waals surface area contributed by atoms with Gasteiger partial charge < -0.3 is 16.0 Å². The quantitative estimate of drug-likeness (QED) is 0.213. The van der Waals surface area contributed by atoms with Gasteiger partial charge in [0.15, 0.2) is 5.96 Å². The maximum atomic E-state index is 12.5. The highest BCUT2D eigenvalue weighted by molar-refractivity contribution is 14.0. The Morgan fingerprint density at radius 1 is 1.20 bits per heavy atom. The van der Waals surface area contributed by atoms with Gasteiger partial charge in [0.25, 0.3) is 0 Å². The number of unbranched alkanes of at least 4 members (excludes halogenated alkanes) is 1. The van der Waals surface area contributed by atoms with E-state index in [1.807, 2.05) is 11.8 Å². The molecule has 11 heteroatoms. The molecule has 0 aliphatic carbocycles. The van der Waals surface area contributed by atoms with Crippen molar-refractivity contribution < 1.29 is 13.2 Å². The minimum atomic E-state index is -4.47. The summed E-state index contributed by atoms with van der Waals surface area (Å²) in [7, 11) is 1.67. The van der Waals surface area contributed by atoms with E-state index in [1.54, 1.807) is 7.05 Å². The van der Waals surface area contributed by atoms with Crippen LogP contribution in [0, 0.1) is 0 Å². The minimum absolute atomic E-state index is 0. The van der Waals surface area contributed by atoms with Crippen molar-refractivity contribution in [3.63, 3.8) is 0 Å². The molecule has 144 valence electrons. The first kappa shape index (κ1) is 24.0. The van der Waals surface area contributed by atoms with Crippen LogP contribution in [0.1, 0.15) is 18.5 Å². The molecule has 0 aliphatic rings. The molecule has 1 aromatic rings. The highest BCUT2D eigenvalue weighted by Gasteiger charge is 2.32. The molecule has 6 nitrogen and oxygen atoms in total. The predicted octanol–water partition coefficient (Wildman–Crippen LogP) is 2.83. The largest absolute Gasteiger partial charge is 0.433 e. The molecule has 0 saturated carbocycles. The Morgan fingerprint density at radius 2 is 1.92 bits per heavy atom. The lowest BCUT2D eigenvalue weighted by molar-refractivity contribution is -0.141. The van der Waals surface area contributed by atoms with E-state index in [0.717, 1.165) is 37.4 Å². The van der Waals surface area contributed by atoms with Crippen LogP contribution in [0.3, 0.4) is 0 Å². The average molecular weight is 492 g/mol. The number of nitrogens with zero attached hydrogens (tertiary/aromatic N) is 3. The lowest BCUT2D eigenvalue weighted by Gasteiger charge is -2.12. The number of hydrogen-bond acceptors (Lipinski definition) is 5. The topological polar surface area (TPSA) is 74.2 Å². The molecule has 0 aliphatic heterocycles. The SMILES string of the molecule is CN=C(NCCCCSC)NCCNc1nccc(C(F)(F)F)n1.I. The summed E-state index contributed by atoms with van der Waals surface area (Å²) >= 11 is 1.82. The summed E-state index contributed by atoms with van der Waals surface area (Å²) in [5, 5.41) is 9.00. The average Bonchev–Trinajstić information content (AvgIpc) is 2.56. The Balaban J connectivity index is 0.00000576. The van der Waals surface area contributed by atoms with Crippen molar-refractivity contribution in [2.45, 2.75) is 19.0 Å². The second-order valence-electron chi connectivity index (χ2n) is 4.82. The summed E-state index contributed by atoms with van der Waals surface area (Å²) in [5.74, 6) is 1.74. The molecule has 0 unspecified atom stereocenters. The molecule has 0 bridgehead atoms. The van der Waals surface area contributed by atoms with Crippen molar-refractivity contribution in [1.29, 1.82) is 0 Å². The molecule has 0 radical (unpaired) electrons. The van der Waals surface area contributed by atoms with Gasteiger partial charge >= 0.3 is 6.18 Å². The van der Waals surface area contributed by atoms with Crippen LogP contribution < -0.4 is 16.0 Å². The van der Waals surface area contributed by atoms with Gasteiger partial charge in [0.1, 0.15) is 5.69 Å². The fourth-order valence-corrected chi connectivity index (χ4v) is 2.25. The van der Waals surface area contributed by atoms with Gasteiger partial charge in [0.2, 0.25) is 5.95 Å². The van der Waals surface area contributed by atoms with Crippen LogP contribution in [-0.4, -0.2) is 54.6 Å². The molecule has 0 fully saturated rings. The van der Waals surface area contributed by atoms with Crippen LogP contribution in [0.4, 0.5) is 19.1 Å². The number of hydrogen-bond donors (Lipinski definition) is 3. The lowest BCUT2D eigenvalue weighted by atomic mass is 10.3.